The number of aromatic amines is 1. The molecule has 3 aromatic rings. The van der Waals surface area contributed by atoms with E-state index < -0.39 is 0 Å². The maximum absolute atomic E-state index is 12.6. The van der Waals surface area contributed by atoms with Crippen LogP contribution in [0.25, 0.3) is 20.7 Å². The Balaban J connectivity index is 1.53. The Morgan fingerprint density at radius 2 is 2.10 bits per heavy atom. The number of benzene rings is 1. The van der Waals surface area contributed by atoms with Gasteiger partial charge in [-0.15, -0.1) is 11.3 Å². The molecule has 1 aliphatic carbocycles. The normalized spacial score (nSPS) is 13.9. The van der Waals surface area contributed by atoms with Gasteiger partial charge in [0, 0.05) is 18.0 Å². The third-order valence-corrected chi connectivity index (χ3v) is 6.11. The van der Waals surface area contributed by atoms with Gasteiger partial charge in [-0.1, -0.05) is 30.3 Å². The number of nitrogens with zero attached hydrogens (tertiary/aromatic N) is 2. The quantitative estimate of drug-likeness (QED) is 0.542. The molecule has 4 rings (SSSR count). The second-order valence-corrected chi connectivity index (χ2v) is 8.47. The number of ether oxygens (including phenoxy) is 1. The summed E-state index contributed by atoms with van der Waals surface area (Å²) in [5.41, 5.74) is 0.974. The number of aromatic nitrogens is 2. The highest BCUT2D eigenvalue weighted by Gasteiger charge is 2.25. The molecule has 0 radical (unpaired) electrons. The zero-order chi connectivity index (χ0) is 20.2. The molecule has 0 aliphatic heterocycles. The van der Waals surface area contributed by atoms with Crippen molar-refractivity contribution in [3.05, 3.63) is 52.6 Å². The molecule has 1 aliphatic rings. The van der Waals surface area contributed by atoms with Crippen molar-refractivity contribution >= 4 is 27.5 Å². The number of rotatable bonds is 9. The second-order valence-electron chi connectivity index (χ2n) is 7.44. The van der Waals surface area contributed by atoms with E-state index in [1.807, 2.05) is 43.3 Å². The summed E-state index contributed by atoms with van der Waals surface area (Å²) in [6.07, 6.45) is 2.80. The molecule has 0 unspecified atom stereocenters. The minimum absolute atomic E-state index is 0.111. The van der Waals surface area contributed by atoms with Crippen molar-refractivity contribution in [2.24, 2.45) is 5.92 Å². The minimum Gasteiger partial charge on any atom is -0.466 e. The van der Waals surface area contributed by atoms with Crippen molar-refractivity contribution in [1.82, 2.24) is 14.9 Å². The van der Waals surface area contributed by atoms with Gasteiger partial charge in [0.25, 0.3) is 5.56 Å². The molecule has 2 aromatic heterocycles. The first-order valence-corrected chi connectivity index (χ1v) is 10.9. The van der Waals surface area contributed by atoms with Crippen LogP contribution in [-0.4, -0.2) is 40.5 Å². The summed E-state index contributed by atoms with van der Waals surface area (Å²) in [7, 11) is 0. The first kappa shape index (κ1) is 19.8. The van der Waals surface area contributed by atoms with Crippen molar-refractivity contribution in [3.63, 3.8) is 0 Å². The average molecular weight is 412 g/mol. The Bertz CT molecular complexity index is 1040. The van der Waals surface area contributed by atoms with E-state index in [0.717, 1.165) is 21.8 Å². The Labute approximate surface area is 173 Å². The highest BCUT2D eigenvalue weighted by molar-refractivity contribution is 7.21. The van der Waals surface area contributed by atoms with Crippen molar-refractivity contribution in [2.45, 2.75) is 32.7 Å². The molecule has 2 heterocycles. The third kappa shape index (κ3) is 5.10. The van der Waals surface area contributed by atoms with Crippen LogP contribution in [0.15, 0.2) is 41.2 Å². The van der Waals surface area contributed by atoms with E-state index in [-0.39, 0.29) is 11.5 Å². The van der Waals surface area contributed by atoms with Crippen molar-refractivity contribution in [3.8, 4) is 10.4 Å². The van der Waals surface area contributed by atoms with Gasteiger partial charge >= 0.3 is 5.97 Å². The molecule has 0 atom stereocenters. The predicted molar refractivity (Wildman–Crippen MR) is 115 cm³/mol. The van der Waals surface area contributed by atoms with Gasteiger partial charge < -0.3 is 9.72 Å². The van der Waals surface area contributed by atoms with Gasteiger partial charge in [-0.3, -0.25) is 14.5 Å². The number of esters is 1. The van der Waals surface area contributed by atoms with Crippen LogP contribution in [0.5, 0.6) is 0 Å². The zero-order valence-corrected chi connectivity index (χ0v) is 17.3. The van der Waals surface area contributed by atoms with Gasteiger partial charge in [-0.25, -0.2) is 4.98 Å². The van der Waals surface area contributed by atoms with Crippen molar-refractivity contribution in [2.75, 3.05) is 19.7 Å². The molecule has 1 N–H and O–H groups in total. The number of nitrogens with one attached hydrogen (secondary N) is 1. The number of fused-ring (bicyclic) bond motifs is 1. The van der Waals surface area contributed by atoms with Crippen LogP contribution >= 0.6 is 11.3 Å². The monoisotopic (exact) mass is 411 g/mol. The Morgan fingerprint density at radius 1 is 1.31 bits per heavy atom. The summed E-state index contributed by atoms with van der Waals surface area (Å²) in [6, 6.07) is 11.9. The lowest BCUT2D eigenvalue weighted by Crippen LogP contribution is -2.30. The smallest absolute Gasteiger partial charge is 0.307 e. The summed E-state index contributed by atoms with van der Waals surface area (Å²) in [5, 5.41) is 0.623. The van der Waals surface area contributed by atoms with Gasteiger partial charge in [0.15, 0.2) is 0 Å². The largest absolute Gasteiger partial charge is 0.466 e. The van der Waals surface area contributed by atoms with E-state index in [1.54, 1.807) is 0 Å². The number of H-pyrrole nitrogens is 1. The number of hydrogen-bond acceptors (Lipinski definition) is 6. The van der Waals surface area contributed by atoms with Crippen LogP contribution in [-0.2, 0) is 16.1 Å². The summed E-state index contributed by atoms with van der Waals surface area (Å²) in [4.78, 5) is 36.0. The van der Waals surface area contributed by atoms with Crippen LogP contribution in [0.3, 0.4) is 0 Å². The molecule has 7 heteroatoms. The van der Waals surface area contributed by atoms with E-state index in [4.69, 9.17) is 9.72 Å². The summed E-state index contributed by atoms with van der Waals surface area (Å²) in [5.74, 6) is 1.14. The van der Waals surface area contributed by atoms with E-state index in [1.165, 1.54) is 24.2 Å². The maximum Gasteiger partial charge on any atom is 0.307 e. The molecule has 1 saturated carbocycles. The van der Waals surface area contributed by atoms with Gasteiger partial charge in [-0.2, -0.15) is 0 Å². The van der Waals surface area contributed by atoms with Crippen molar-refractivity contribution in [1.29, 1.82) is 0 Å². The first-order valence-electron chi connectivity index (χ1n) is 10.1. The summed E-state index contributed by atoms with van der Waals surface area (Å²) >= 11 is 1.53. The summed E-state index contributed by atoms with van der Waals surface area (Å²) < 4.78 is 5.05. The molecule has 0 spiro atoms. The third-order valence-electron chi connectivity index (χ3n) is 5.03. The van der Waals surface area contributed by atoms with Crippen LogP contribution in [0.2, 0.25) is 0 Å². The van der Waals surface area contributed by atoms with Crippen LogP contribution in [0.4, 0.5) is 0 Å². The molecule has 0 bridgehead atoms. The van der Waals surface area contributed by atoms with Gasteiger partial charge in [0.05, 0.1) is 25.0 Å². The Hall–Kier alpha value is -2.51. The molecule has 1 fully saturated rings. The second kappa shape index (κ2) is 8.88. The SMILES string of the molecule is CCOC(=O)CCN(Cc1nc2sc(-c3ccccc3)cc2c(=O)[nH]1)CC1CC1. The van der Waals surface area contributed by atoms with E-state index in [0.29, 0.717) is 43.2 Å². The highest BCUT2D eigenvalue weighted by Crippen LogP contribution is 2.32. The first-order chi connectivity index (χ1) is 14.1. The van der Waals surface area contributed by atoms with Crippen molar-refractivity contribution < 1.29 is 9.53 Å². The topological polar surface area (TPSA) is 75.3 Å². The molecular formula is C22H25N3O3S. The Morgan fingerprint density at radius 3 is 2.83 bits per heavy atom. The van der Waals surface area contributed by atoms with Gasteiger partial charge in [-0.05, 0) is 37.3 Å². The highest BCUT2D eigenvalue weighted by atomic mass is 32.1. The fourth-order valence-electron chi connectivity index (χ4n) is 3.39. The van der Waals surface area contributed by atoms with E-state index in [2.05, 4.69) is 9.88 Å². The van der Waals surface area contributed by atoms with Crippen LogP contribution in [0.1, 0.15) is 32.0 Å². The Kier molecular flexibility index (Phi) is 6.06. The molecule has 0 amide bonds. The maximum atomic E-state index is 12.6. The number of thiophene rings is 1. The van der Waals surface area contributed by atoms with E-state index in [9.17, 15) is 9.59 Å². The van der Waals surface area contributed by atoms with Crippen LogP contribution in [0, 0.1) is 5.92 Å². The standard InChI is InChI=1S/C22H25N3O3S/c1-2-28-20(26)10-11-25(13-15-8-9-15)14-19-23-21(27)17-12-18(29-22(17)24-19)16-6-4-3-5-7-16/h3-7,12,15H,2,8-11,13-14H2,1H3,(H,23,24,27). The van der Waals surface area contributed by atoms with E-state index >= 15 is 0 Å². The van der Waals surface area contributed by atoms with Crippen LogP contribution < -0.4 is 5.56 Å². The van der Waals surface area contributed by atoms with Gasteiger partial charge in [0.1, 0.15) is 10.7 Å². The molecule has 1 aromatic carbocycles. The predicted octanol–water partition coefficient (Wildman–Crippen LogP) is 3.82. The molecule has 6 nitrogen and oxygen atoms in total. The molecule has 29 heavy (non-hydrogen) atoms. The van der Waals surface area contributed by atoms with Gasteiger partial charge in [0.2, 0.25) is 0 Å². The average Bonchev–Trinajstić information content (AvgIpc) is 3.42. The fourth-order valence-corrected chi connectivity index (χ4v) is 4.45. The number of hydrogen-bond donors (Lipinski definition) is 1. The molecular weight excluding hydrogens is 386 g/mol. The molecule has 152 valence electrons. The fraction of sp³-hybridized carbons (Fsp3) is 0.409. The summed E-state index contributed by atoms with van der Waals surface area (Å²) in [6.45, 7) is 4.26. The number of carbonyl (C=O) groups is 1. The lowest BCUT2D eigenvalue weighted by molar-refractivity contribution is -0.143. The lowest BCUT2D eigenvalue weighted by Gasteiger charge is -2.21. The minimum atomic E-state index is -0.184. The lowest BCUT2D eigenvalue weighted by atomic mass is 10.2. The zero-order valence-electron chi connectivity index (χ0n) is 16.5. The number of carbonyl (C=O) groups excluding carboxylic acids is 1. The molecule has 0 saturated heterocycles.